The van der Waals surface area contributed by atoms with Gasteiger partial charge in [-0.2, -0.15) is 0 Å². The molecular formula is C15H25N3O3. The van der Waals surface area contributed by atoms with Crippen molar-refractivity contribution in [2.75, 3.05) is 18.5 Å². The van der Waals surface area contributed by atoms with Gasteiger partial charge in [0.2, 0.25) is 5.88 Å². The van der Waals surface area contributed by atoms with E-state index in [0.29, 0.717) is 31.3 Å². The summed E-state index contributed by atoms with van der Waals surface area (Å²) in [4.78, 5) is 19.4. The smallest absolute Gasteiger partial charge is 0.308 e. The van der Waals surface area contributed by atoms with E-state index in [9.17, 15) is 9.90 Å². The van der Waals surface area contributed by atoms with E-state index in [2.05, 4.69) is 15.3 Å². The van der Waals surface area contributed by atoms with Gasteiger partial charge in [-0.05, 0) is 18.3 Å². The van der Waals surface area contributed by atoms with Gasteiger partial charge in [0.15, 0.2) is 0 Å². The van der Waals surface area contributed by atoms with Crippen LogP contribution in [0.4, 0.5) is 5.82 Å². The average molecular weight is 295 g/mol. The number of anilines is 1. The molecule has 0 amide bonds. The minimum atomic E-state index is -0.797. The molecule has 6 nitrogen and oxygen atoms in total. The monoisotopic (exact) mass is 295 g/mol. The van der Waals surface area contributed by atoms with Crippen molar-refractivity contribution < 1.29 is 14.6 Å². The number of nitrogens with zero attached hydrogens (tertiary/aromatic N) is 2. The summed E-state index contributed by atoms with van der Waals surface area (Å²) in [5, 5.41) is 12.3. The first-order valence-electron chi connectivity index (χ1n) is 7.23. The van der Waals surface area contributed by atoms with Gasteiger partial charge in [0.05, 0.1) is 12.5 Å². The standard InChI is InChI=1S/C15H25N3O3/c1-5-6-21-13-7-12(17-10-18-13)16-9-11(14(19)20)8-15(2,3)4/h7,10-11H,5-6,8-9H2,1-4H3,(H,19,20)(H,16,17,18). The van der Waals surface area contributed by atoms with E-state index in [1.54, 1.807) is 6.07 Å². The first-order valence-corrected chi connectivity index (χ1v) is 7.23. The summed E-state index contributed by atoms with van der Waals surface area (Å²) in [5.41, 5.74) is -0.0359. The second kappa shape index (κ2) is 7.81. The zero-order valence-corrected chi connectivity index (χ0v) is 13.2. The average Bonchev–Trinajstić information content (AvgIpc) is 2.40. The molecule has 0 fully saturated rings. The van der Waals surface area contributed by atoms with Crippen LogP contribution in [0.2, 0.25) is 0 Å². The van der Waals surface area contributed by atoms with Gasteiger partial charge in [-0.3, -0.25) is 4.79 Å². The maximum Gasteiger partial charge on any atom is 0.308 e. The second-order valence-corrected chi connectivity index (χ2v) is 6.27. The molecule has 1 rings (SSSR count). The van der Waals surface area contributed by atoms with E-state index >= 15 is 0 Å². The zero-order chi connectivity index (χ0) is 15.9. The number of hydrogen-bond donors (Lipinski definition) is 2. The van der Waals surface area contributed by atoms with Crippen LogP contribution < -0.4 is 10.1 Å². The van der Waals surface area contributed by atoms with E-state index in [-0.39, 0.29) is 5.41 Å². The molecule has 0 aliphatic rings. The summed E-state index contributed by atoms with van der Waals surface area (Å²) >= 11 is 0. The van der Waals surface area contributed by atoms with Crippen LogP contribution in [0.25, 0.3) is 0 Å². The summed E-state index contributed by atoms with van der Waals surface area (Å²) < 4.78 is 5.42. The second-order valence-electron chi connectivity index (χ2n) is 6.27. The largest absolute Gasteiger partial charge is 0.481 e. The number of aromatic nitrogens is 2. The van der Waals surface area contributed by atoms with E-state index in [1.807, 2.05) is 27.7 Å². The van der Waals surface area contributed by atoms with Crippen molar-refractivity contribution in [3.63, 3.8) is 0 Å². The predicted molar refractivity (Wildman–Crippen MR) is 81.5 cm³/mol. The van der Waals surface area contributed by atoms with Crippen molar-refractivity contribution in [1.29, 1.82) is 0 Å². The SMILES string of the molecule is CCCOc1cc(NCC(CC(C)(C)C)C(=O)O)ncn1. The normalized spacial score (nSPS) is 12.8. The molecule has 0 aliphatic heterocycles. The highest BCUT2D eigenvalue weighted by Crippen LogP contribution is 2.25. The zero-order valence-electron chi connectivity index (χ0n) is 13.2. The summed E-state index contributed by atoms with van der Waals surface area (Å²) in [6.45, 7) is 9.04. The first kappa shape index (κ1) is 17.2. The lowest BCUT2D eigenvalue weighted by Crippen LogP contribution is -2.27. The number of aliphatic carboxylic acids is 1. The van der Waals surface area contributed by atoms with Crippen LogP contribution in [0.5, 0.6) is 5.88 Å². The highest BCUT2D eigenvalue weighted by molar-refractivity contribution is 5.70. The highest BCUT2D eigenvalue weighted by atomic mass is 16.5. The molecule has 6 heteroatoms. The summed E-state index contributed by atoms with van der Waals surface area (Å²) in [6, 6.07) is 1.69. The lowest BCUT2D eigenvalue weighted by molar-refractivity contribution is -0.142. The van der Waals surface area contributed by atoms with Gasteiger partial charge in [0.1, 0.15) is 12.1 Å². The van der Waals surface area contributed by atoms with Crippen molar-refractivity contribution in [3.05, 3.63) is 12.4 Å². The minimum absolute atomic E-state index is 0.0359. The van der Waals surface area contributed by atoms with Crippen molar-refractivity contribution in [2.24, 2.45) is 11.3 Å². The molecule has 2 N–H and O–H groups in total. The minimum Gasteiger partial charge on any atom is -0.481 e. The summed E-state index contributed by atoms with van der Waals surface area (Å²) in [6.07, 6.45) is 2.91. The molecule has 21 heavy (non-hydrogen) atoms. The Bertz CT molecular complexity index is 458. The van der Waals surface area contributed by atoms with E-state index in [1.165, 1.54) is 6.33 Å². The third-order valence-electron chi connectivity index (χ3n) is 2.83. The van der Waals surface area contributed by atoms with Crippen LogP contribution in [-0.2, 0) is 4.79 Å². The molecule has 1 heterocycles. The Kier molecular flexibility index (Phi) is 6.39. The number of hydrogen-bond acceptors (Lipinski definition) is 5. The van der Waals surface area contributed by atoms with Gasteiger partial charge < -0.3 is 15.2 Å². The fraction of sp³-hybridized carbons (Fsp3) is 0.667. The highest BCUT2D eigenvalue weighted by Gasteiger charge is 2.24. The van der Waals surface area contributed by atoms with Gasteiger partial charge >= 0.3 is 5.97 Å². The van der Waals surface area contributed by atoms with E-state index in [0.717, 1.165) is 6.42 Å². The Hall–Kier alpha value is -1.85. The Morgan fingerprint density at radius 2 is 2.14 bits per heavy atom. The number of carboxylic acids is 1. The lowest BCUT2D eigenvalue weighted by atomic mass is 9.84. The topological polar surface area (TPSA) is 84.3 Å². The molecule has 1 atom stereocenters. The van der Waals surface area contributed by atoms with Crippen molar-refractivity contribution in [3.8, 4) is 5.88 Å². The van der Waals surface area contributed by atoms with Crippen LogP contribution in [-0.4, -0.2) is 34.2 Å². The first-order chi connectivity index (χ1) is 9.81. The fourth-order valence-corrected chi connectivity index (χ4v) is 1.94. The summed E-state index contributed by atoms with van der Waals surface area (Å²) in [5.74, 6) is -0.178. The number of carbonyl (C=O) groups is 1. The maximum atomic E-state index is 11.3. The number of carboxylic acid groups (broad SMARTS) is 1. The van der Waals surface area contributed by atoms with Crippen LogP contribution >= 0.6 is 0 Å². The van der Waals surface area contributed by atoms with Crippen LogP contribution in [0, 0.1) is 11.3 Å². The summed E-state index contributed by atoms with van der Waals surface area (Å²) in [7, 11) is 0. The molecule has 0 bridgehead atoms. The van der Waals surface area contributed by atoms with Crippen LogP contribution in [0.15, 0.2) is 12.4 Å². The molecule has 0 saturated carbocycles. The predicted octanol–water partition coefficient (Wildman–Crippen LogP) is 2.81. The Morgan fingerprint density at radius 1 is 1.43 bits per heavy atom. The number of ether oxygens (including phenoxy) is 1. The van der Waals surface area contributed by atoms with E-state index < -0.39 is 11.9 Å². The number of rotatable bonds is 8. The van der Waals surface area contributed by atoms with Crippen LogP contribution in [0.3, 0.4) is 0 Å². The van der Waals surface area contributed by atoms with E-state index in [4.69, 9.17) is 4.74 Å². The quantitative estimate of drug-likeness (QED) is 0.767. The molecule has 0 aromatic carbocycles. The molecule has 0 radical (unpaired) electrons. The van der Waals surface area contributed by atoms with Crippen molar-refractivity contribution in [2.45, 2.75) is 40.5 Å². The molecular weight excluding hydrogens is 270 g/mol. The Labute approximate surface area is 126 Å². The van der Waals surface area contributed by atoms with Crippen molar-refractivity contribution >= 4 is 11.8 Å². The van der Waals surface area contributed by atoms with Gasteiger partial charge in [0.25, 0.3) is 0 Å². The Morgan fingerprint density at radius 3 is 2.71 bits per heavy atom. The lowest BCUT2D eigenvalue weighted by Gasteiger charge is -2.23. The van der Waals surface area contributed by atoms with Gasteiger partial charge in [-0.15, -0.1) is 0 Å². The molecule has 0 spiro atoms. The van der Waals surface area contributed by atoms with Gasteiger partial charge in [-0.1, -0.05) is 27.7 Å². The van der Waals surface area contributed by atoms with Crippen molar-refractivity contribution in [1.82, 2.24) is 9.97 Å². The number of nitrogens with one attached hydrogen (secondary N) is 1. The third-order valence-corrected chi connectivity index (χ3v) is 2.83. The van der Waals surface area contributed by atoms with Crippen LogP contribution in [0.1, 0.15) is 40.5 Å². The Balaban J connectivity index is 2.61. The molecule has 1 aromatic rings. The van der Waals surface area contributed by atoms with Gasteiger partial charge in [-0.25, -0.2) is 9.97 Å². The maximum absolute atomic E-state index is 11.3. The molecule has 1 aromatic heterocycles. The molecule has 1 unspecified atom stereocenters. The molecule has 0 aliphatic carbocycles. The molecule has 0 saturated heterocycles. The van der Waals surface area contributed by atoms with Gasteiger partial charge in [0, 0.05) is 12.6 Å². The fourth-order valence-electron chi connectivity index (χ4n) is 1.94. The molecule has 118 valence electrons. The third kappa shape index (κ3) is 6.92.